The lowest BCUT2D eigenvalue weighted by Crippen LogP contribution is -2.48. The van der Waals surface area contributed by atoms with Crippen LogP contribution in [-0.2, 0) is 0 Å². The monoisotopic (exact) mass is 396 g/mol. The molecule has 1 saturated carbocycles. The number of rotatable bonds is 6. The Hall–Kier alpha value is -2.34. The third-order valence-electron chi connectivity index (χ3n) is 6.67. The molecule has 2 heterocycles. The van der Waals surface area contributed by atoms with Gasteiger partial charge in [0.25, 0.3) is 5.91 Å². The predicted octanol–water partition coefficient (Wildman–Crippen LogP) is 3.32. The minimum Gasteiger partial charge on any atom is -0.369 e. The molecule has 1 aliphatic heterocycles. The van der Waals surface area contributed by atoms with E-state index in [1.807, 2.05) is 6.92 Å². The zero-order valence-electron chi connectivity index (χ0n) is 17.8. The highest BCUT2D eigenvalue weighted by molar-refractivity contribution is 5.92. The summed E-state index contributed by atoms with van der Waals surface area (Å²) in [4.78, 5) is 17.3. The van der Waals surface area contributed by atoms with Crippen LogP contribution in [0.25, 0.3) is 0 Å². The quantitative estimate of drug-likeness (QED) is 0.812. The van der Waals surface area contributed by atoms with Crippen LogP contribution in [0.5, 0.6) is 0 Å². The van der Waals surface area contributed by atoms with Crippen LogP contribution in [0.2, 0.25) is 0 Å². The van der Waals surface area contributed by atoms with E-state index in [0.29, 0.717) is 11.7 Å². The van der Waals surface area contributed by atoms with Gasteiger partial charge in [-0.05, 0) is 69.7 Å². The van der Waals surface area contributed by atoms with E-state index in [0.717, 1.165) is 51.1 Å². The number of carbonyl (C=O) groups is 1. The first-order valence-corrected chi connectivity index (χ1v) is 10.8. The largest absolute Gasteiger partial charge is 0.369 e. The first kappa shape index (κ1) is 20.0. The summed E-state index contributed by atoms with van der Waals surface area (Å²) in [5, 5.41) is 6.75. The third-order valence-corrected chi connectivity index (χ3v) is 6.67. The van der Waals surface area contributed by atoms with Crippen LogP contribution in [0.3, 0.4) is 0 Å². The van der Waals surface area contributed by atoms with Gasteiger partial charge in [0.2, 0.25) is 5.76 Å². The van der Waals surface area contributed by atoms with Crippen LogP contribution >= 0.6 is 0 Å². The molecule has 0 atom stereocenters. The predicted molar refractivity (Wildman–Crippen MR) is 114 cm³/mol. The average molecular weight is 397 g/mol. The molecule has 2 aromatic rings. The molecule has 1 aromatic heterocycles. The van der Waals surface area contributed by atoms with Crippen molar-refractivity contribution in [2.45, 2.75) is 46.1 Å². The lowest BCUT2D eigenvalue weighted by Gasteiger charge is -2.40. The lowest BCUT2D eigenvalue weighted by atomic mass is 9.78. The molecule has 1 saturated heterocycles. The molecule has 6 nitrogen and oxygen atoms in total. The van der Waals surface area contributed by atoms with E-state index in [1.165, 1.54) is 23.2 Å². The van der Waals surface area contributed by atoms with Gasteiger partial charge < -0.3 is 14.7 Å². The Morgan fingerprint density at radius 3 is 2.59 bits per heavy atom. The number of anilines is 1. The second-order valence-electron chi connectivity index (χ2n) is 8.68. The number of aryl methyl sites for hydroxylation is 2. The van der Waals surface area contributed by atoms with Gasteiger partial charge in [-0.15, -0.1) is 0 Å². The Morgan fingerprint density at radius 2 is 1.90 bits per heavy atom. The first-order valence-electron chi connectivity index (χ1n) is 10.8. The molecule has 0 bridgehead atoms. The van der Waals surface area contributed by atoms with E-state index < -0.39 is 0 Å². The Labute approximate surface area is 173 Å². The smallest absolute Gasteiger partial charge is 0.290 e. The van der Waals surface area contributed by atoms with Gasteiger partial charge in [0.15, 0.2) is 0 Å². The van der Waals surface area contributed by atoms with Crippen molar-refractivity contribution in [1.82, 2.24) is 15.4 Å². The molecule has 2 fully saturated rings. The molecule has 1 amide bonds. The maximum absolute atomic E-state index is 12.2. The summed E-state index contributed by atoms with van der Waals surface area (Å²) in [6, 6.07) is 6.88. The van der Waals surface area contributed by atoms with Gasteiger partial charge in [0.05, 0.1) is 6.20 Å². The summed E-state index contributed by atoms with van der Waals surface area (Å²) in [7, 11) is 0. The fourth-order valence-electron chi connectivity index (χ4n) is 4.51. The van der Waals surface area contributed by atoms with Gasteiger partial charge in [0.1, 0.15) is 0 Å². The van der Waals surface area contributed by atoms with Crippen molar-refractivity contribution in [3.05, 3.63) is 46.8 Å². The van der Waals surface area contributed by atoms with E-state index in [2.05, 4.69) is 52.3 Å². The number of piperazine rings is 1. The fourth-order valence-corrected chi connectivity index (χ4v) is 4.51. The summed E-state index contributed by atoms with van der Waals surface area (Å²) < 4.78 is 5.03. The highest BCUT2D eigenvalue weighted by Crippen LogP contribution is 2.31. The number of amides is 1. The zero-order chi connectivity index (χ0) is 20.4. The van der Waals surface area contributed by atoms with E-state index in [4.69, 9.17) is 4.52 Å². The standard InChI is InChI=1S/C23H32N4O2/c1-16-5-4-6-21(18(16)3)27-11-9-26(10-12-27)8-7-19-13-20(14-19)25-23(28)22-17(2)15-24-29-22/h4-6,15,19-20H,7-14H2,1-3H3,(H,25,28)/t19-,20+. The van der Waals surface area contributed by atoms with Crippen LogP contribution in [0, 0.1) is 26.7 Å². The summed E-state index contributed by atoms with van der Waals surface area (Å²) in [6.45, 7) is 11.9. The Balaban J connectivity index is 1.15. The van der Waals surface area contributed by atoms with Crippen molar-refractivity contribution in [3.8, 4) is 0 Å². The summed E-state index contributed by atoms with van der Waals surface area (Å²) in [6.07, 6.45) is 4.94. The number of carbonyl (C=O) groups excluding carboxylic acids is 1. The van der Waals surface area contributed by atoms with E-state index >= 15 is 0 Å². The minimum absolute atomic E-state index is 0.133. The molecule has 0 spiro atoms. The van der Waals surface area contributed by atoms with Crippen molar-refractivity contribution in [1.29, 1.82) is 0 Å². The molecular formula is C23H32N4O2. The molecule has 1 aromatic carbocycles. The molecule has 6 heteroatoms. The van der Waals surface area contributed by atoms with Crippen molar-refractivity contribution in [2.75, 3.05) is 37.6 Å². The maximum Gasteiger partial charge on any atom is 0.290 e. The van der Waals surface area contributed by atoms with Gasteiger partial charge in [0, 0.05) is 43.5 Å². The summed E-state index contributed by atoms with van der Waals surface area (Å²) in [5.41, 5.74) is 4.96. The summed E-state index contributed by atoms with van der Waals surface area (Å²) in [5.74, 6) is 0.925. The topological polar surface area (TPSA) is 61.6 Å². The Bertz CT molecular complexity index is 848. The van der Waals surface area contributed by atoms with E-state index in [9.17, 15) is 4.79 Å². The SMILES string of the molecule is Cc1cnoc1C(=O)N[C@H]1C[C@@H](CCN2CCN(c3cccc(C)c3C)CC2)C1. The number of hydrogen-bond donors (Lipinski definition) is 1. The van der Waals surface area contributed by atoms with Gasteiger partial charge >= 0.3 is 0 Å². The second kappa shape index (κ2) is 8.57. The molecule has 1 aliphatic carbocycles. The minimum atomic E-state index is -0.133. The molecule has 0 unspecified atom stereocenters. The molecule has 0 radical (unpaired) electrons. The van der Waals surface area contributed by atoms with Gasteiger partial charge in [-0.3, -0.25) is 9.69 Å². The highest BCUT2D eigenvalue weighted by atomic mass is 16.5. The highest BCUT2D eigenvalue weighted by Gasteiger charge is 2.32. The van der Waals surface area contributed by atoms with Gasteiger partial charge in [-0.25, -0.2) is 0 Å². The van der Waals surface area contributed by atoms with Crippen molar-refractivity contribution >= 4 is 11.6 Å². The molecule has 29 heavy (non-hydrogen) atoms. The second-order valence-corrected chi connectivity index (χ2v) is 8.68. The van der Waals surface area contributed by atoms with Crippen molar-refractivity contribution in [2.24, 2.45) is 5.92 Å². The maximum atomic E-state index is 12.2. The molecule has 4 rings (SSSR count). The average Bonchev–Trinajstić information content (AvgIpc) is 3.12. The van der Waals surface area contributed by atoms with Crippen LogP contribution in [0.15, 0.2) is 28.9 Å². The normalized spacial score (nSPS) is 22.4. The number of nitrogens with zero attached hydrogens (tertiary/aromatic N) is 3. The van der Waals surface area contributed by atoms with Crippen LogP contribution < -0.4 is 10.2 Å². The number of hydrogen-bond acceptors (Lipinski definition) is 5. The van der Waals surface area contributed by atoms with Crippen LogP contribution in [-0.4, -0.2) is 54.7 Å². The fraction of sp³-hybridized carbons (Fsp3) is 0.565. The molecule has 1 N–H and O–H groups in total. The Morgan fingerprint density at radius 1 is 1.14 bits per heavy atom. The van der Waals surface area contributed by atoms with E-state index in [-0.39, 0.29) is 11.9 Å². The first-order chi connectivity index (χ1) is 14.0. The molecule has 2 aliphatic rings. The third kappa shape index (κ3) is 4.47. The van der Waals surface area contributed by atoms with Gasteiger partial charge in [-0.1, -0.05) is 17.3 Å². The number of benzene rings is 1. The summed E-state index contributed by atoms with van der Waals surface area (Å²) >= 11 is 0. The van der Waals surface area contributed by atoms with E-state index in [1.54, 1.807) is 6.20 Å². The Kier molecular flexibility index (Phi) is 5.90. The van der Waals surface area contributed by atoms with Crippen LogP contribution in [0.4, 0.5) is 5.69 Å². The van der Waals surface area contributed by atoms with Crippen LogP contribution in [0.1, 0.15) is 46.5 Å². The van der Waals surface area contributed by atoms with Crippen molar-refractivity contribution in [3.63, 3.8) is 0 Å². The zero-order valence-corrected chi connectivity index (χ0v) is 17.8. The van der Waals surface area contributed by atoms with Crippen molar-refractivity contribution < 1.29 is 9.32 Å². The van der Waals surface area contributed by atoms with Gasteiger partial charge in [-0.2, -0.15) is 0 Å². The number of aromatic nitrogens is 1. The lowest BCUT2D eigenvalue weighted by molar-refractivity contribution is 0.0840. The number of nitrogens with one attached hydrogen (secondary N) is 1. The molecule has 156 valence electrons. The molecular weight excluding hydrogens is 364 g/mol.